The molecule has 0 saturated heterocycles. The normalized spacial score (nSPS) is 17.9. The van der Waals surface area contributed by atoms with Crippen molar-refractivity contribution in [3.05, 3.63) is 71.1 Å². The first-order valence-corrected chi connectivity index (χ1v) is 9.51. The standard InChI is InChI=1S/C21H22N3O2S.ClH/c22-7-6-17-12-23-21(27)24(17)18-9-16-10-19(25)15(11-20(16)26-13-18)8-14-4-2-1-3-5-14;/h1-5,10-12,18,25H,6-9,13,22H2;1H/t18-;/m1./s1. The maximum atomic E-state index is 10.5. The molecule has 5 nitrogen and oxygen atoms in total. The van der Waals surface area contributed by atoms with Crippen LogP contribution in [-0.4, -0.2) is 34.3 Å². The van der Waals surface area contributed by atoms with Crippen molar-refractivity contribution in [2.24, 2.45) is 5.73 Å². The van der Waals surface area contributed by atoms with Crippen molar-refractivity contribution in [2.45, 2.75) is 25.3 Å². The van der Waals surface area contributed by atoms with Crippen LogP contribution in [0.1, 0.15) is 23.1 Å². The van der Waals surface area contributed by atoms with Crippen molar-refractivity contribution in [3.8, 4) is 11.5 Å². The van der Waals surface area contributed by atoms with Gasteiger partial charge in [0.25, 0.3) is 0 Å². The topological polar surface area (TPSA) is 72.8 Å². The van der Waals surface area contributed by atoms with Crippen molar-refractivity contribution >= 4 is 29.7 Å². The number of benzene rings is 2. The molecule has 2 aromatic carbocycles. The molecular formula is C21H23ClN3O2S. The quantitative estimate of drug-likeness (QED) is 0.733. The Morgan fingerprint density at radius 1 is 1.25 bits per heavy atom. The van der Waals surface area contributed by atoms with Crippen LogP contribution in [0.3, 0.4) is 0 Å². The van der Waals surface area contributed by atoms with E-state index in [9.17, 15) is 5.11 Å². The second-order valence-corrected chi connectivity index (χ2v) is 7.23. The van der Waals surface area contributed by atoms with Crippen molar-refractivity contribution in [3.63, 3.8) is 0 Å². The first kappa shape index (κ1) is 20.5. The Morgan fingerprint density at radius 3 is 2.79 bits per heavy atom. The number of phenolic OH excluding ortho intramolecular Hbond substituents is 1. The second kappa shape index (κ2) is 8.82. The third-order valence-electron chi connectivity index (χ3n) is 4.99. The van der Waals surface area contributed by atoms with E-state index in [1.165, 1.54) is 0 Å². The predicted octanol–water partition coefficient (Wildman–Crippen LogP) is 3.10. The highest BCUT2D eigenvalue weighted by Crippen LogP contribution is 2.35. The molecule has 7 heteroatoms. The summed E-state index contributed by atoms with van der Waals surface area (Å²) in [6, 6.07) is 13.9. The number of halogens is 1. The number of phenols is 1. The number of hydrogen-bond donors (Lipinski definition) is 2. The number of hydrogen-bond acceptors (Lipinski definition) is 4. The fraction of sp³-hybridized carbons (Fsp3) is 0.286. The van der Waals surface area contributed by atoms with Crippen LogP contribution in [0, 0.1) is 0 Å². The molecule has 0 aliphatic carbocycles. The summed E-state index contributed by atoms with van der Waals surface area (Å²) in [5.41, 5.74) is 9.75. The van der Waals surface area contributed by atoms with Crippen LogP contribution in [0.2, 0.25) is 0 Å². The van der Waals surface area contributed by atoms with Crippen molar-refractivity contribution in [1.82, 2.24) is 10.2 Å². The highest BCUT2D eigenvalue weighted by molar-refractivity contribution is 7.80. The van der Waals surface area contributed by atoms with Gasteiger partial charge in [-0.3, -0.25) is 0 Å². The second-order valence-electron chi connectivity index (χ2n) is 6.86. The minimum atomic E-state index is 0. The van der Waals surface area contributed by atoms with E-state index in [0.717, 1.165) is 41.0 Å². The summed E-state index contributed by atoms with van der Waals surface area (Å²) >= 11 is 5.39. The minimum absolute atomic E-state index is 0. The van der Waals surface area contributed by atoms with Crippen LogP contribution >= 0.6 is 24.6 Å². The average molecular weight is 417 g/mol. The monoisotopic (exact) mass is 416 g/mol. The number of nitrogens with two attached hydrogens (primary N) is 1. The Morgan fingerprint density at radius 2 is 2.04 bits per heavy atom. The first-order valence-electron chi connectivity index (χ1n) is 9.10. The van der Waals surface area contributed by atoms with E-state index in [1.54, 1.807) is 6.20 Å². The molecule has 0 bridgehead atoms. The minimum Gasteiger partial charge on any atom is -0.508 e. The molecule has 2 aromatic rings. The Bertz CT molecular complexity index is 889. The van der Waals surface area contributed by atoms with Crippen molar-refractivity contribution < 1.29 is 9.84 Å². The van der Waals surface area contributed by atoms with E-state index >= 15 is 0 Å². The SMILES string of the molecule is Cl.NCCC1=C[N]C(=S)N1[C@H]1COc2cc(Cc3ccccc3)c(O)cc2C1. The van der Waals surface area contributed by atoms with E-state index in [-0.39, 0.29) is 18.4 Å². The first-order chi connectivity index (χ1) is 13.2. The molecule has 1 atom stereocenters. The van der Waals surface area contributed by atoms with Crippen molar-refractivity contribution in [1.29, 1.82) is 0 Å². The highest BCUT2D eigenvalue weighted by atomic mass is 35.5. The van der Waals surface area contributed by atoms with Crippen LogP contribution in [0.4, 0.5) is 0 Å². The number of nitrogens with zero attached hydrogens (tertiary/aromatic N) is 2. The summed E-state index contributed by atoms with van der Waals surface area (Å²) < 4.78 is 6.04. The van der Waals surface area contributed by atoms with Gasteiger partial charge in [0, 0.05) is 36.7 Å². The van der Waals surface area contributed by atoms with Crippen LogP contribution in [0.25, 0.3) is 0 Å². The Hall–Kier alpha value is -2.28. The van der Waals surface area contributed by atoms with E-state index < -0.39 is 0 Å². The van der Waals surface area contributed by atoms with Gasteiger partial charge in [0.05, 0.1) is 6.04 Å². The molecule has 3 N–H and O–H groups in total. The Kier molecular flexibility index (Phi) is 6.44. The van der Waals surface area contributed by atoms with E-state index in [0.29, 0.717) is 30.4 Å². The predicted molar refractivity (Wildman–Crippen MR) is 116 cm³/mol. The fourth-order valence-corrected chi connectivity index (χ4v) is 3.99. The van der Waals surface area contributed by atoms with E-state index in [4.69, 9.17) is 22.7 Å². The number of aromatic hydroxyl groups is 1. The lowest BCUT2D eigenvalue weighted by atomic mass is 9.96. The highest BCUT2D eigenvalue weighted by Gasteiger charge is 2.33. The fourth-order valence-electron chi connectivity index (χ4n) is 3.67. The smallest absolute Gasteiger partial charge is 0.200 e. The third kappa shape index (κ3) is 4.09. The maximum Gasteiger partial charge on any atom is 0.200 e. The summed E-state index contributed by atoms with van der Waals surface area (Å²) in [7, 11) is 0. The van der Waals surface area contributed by atoms with Gasteiger partial charge >= 0.3 is 0 Å². The zero-order valence-corrected chi connectivity index (χ0v) is 17.0. The lowest BCUT2D eigenvalue weighted by molar-refractivity contribution is 0.196. The molecule has 0 spiro atoms. The van der Waals surface area contributed by atoms with Crippen LogP contribution < -0.4 is 15.8 Å². The molecule has 2 aliphatic heterocycles. The zero-order chi connectivity index (χ0) is 18.8. The molecule has 0 amide bonds. The summed E-state index contributed by atoms with van der Waals surface area (Å²) in [6.07, 6.45) is 3.94. The summed E-state index contributed by atoms with van der Waals surface area (Å²) in [6.45, 7) is 1.08. The van der Waals surface area contributed by atoms with Gasteiger partial charge in [-0.2, -0.15) is 0 Å². The van der Waals surface area contributed by atoms with Gasteiger partial charge in [-0.1, -0.05) is 30.3 Å². The number of ether oxygens (including phenoxy) is 1. The number of thiocarbonyl (C=S) groups is 1. The van der Waals surface area contributed by atoms with Crippen LogP contribution in [0.5, 0.6) is 11.5 Å². The molecule has 0 unspecified atom stereocenters. The van der Waals surface area contributed by atoms with E-state index in [1.807, 2.05) is 35.2 Å². The molecule has 4 rings (SSSR count). The van der Waals surface area contributed by atoms with E-state index in [2.05, 4.69) is 17.4 Å². The largest absolute Gasteiger partial charge is 0.508 e. The summed E-state index contributed by atoms with van der Waals surface area (Å²) in [5.74, 6) is 1.13. The third-order valence-corrected chi connectivity index (χ3v) is 5.29. The summed E-state index contributed by atoms with van der Waals surface area (Å²) in [5, 5.41) is 15.3. The lowest BCUT2D eigenvalue weighted by Gasteiger charge is -2.34. The molecule has 1 radical (unpaired) electrons. The maximum absolute atomic E-state index is 10.5. The molecule has 0 fully saturated rings. The van der Waals surface area contributed by atoms with Crippen molar-refractivity contribution in [2.75, 3.05) is 13.2 Å². The van der Waals surface area contributed by atoms with Crippen LogP contribution in [0.15, 0.2) is 54.4 Å². The van der Waals surface area contributed by atoms with Gasteiger partial charge in [-0.25, -0.2) is 5.32 Å². The van der Waals surface area contributed by atoms with Gasteiger partial charge < -0.3 is 20.5 Å². The Labute approximate surface area is 176 Å². The zero-order valence-electron chi connectivity index (χ0n) is 15.4. The molecule has 0 saturated carbocycles. The van der Waals surface area contributed by atoms with Gasteiger partial charge in [0.1, 0.15) is 18.1 Å². The number of fused-ring (bicyclic) bond motifs is 1. The van der Waals surface area contributed by atoms with Gasteiger partial charge in [0.2, 0.25) is 0 Å². The molecule has 2 aliphatic rings. The number of rotatable bonds is 5. The molecular weight excluding hydrogens is 394 g/mol. The molecule has 28 heavy (non-hydrogen) atoms. The molecule has 2 heterocycles. The molecule has 0 aromatic heterocycles. The Balaban J connectivity index is 0.00000225. The molecule has 147 valence electrons. The van der Waals surface area contributed by atoms with Gasteiger partial charge in [-0.15, -0.1) is 12.4 Å². The van der Waals surface area contributed by atoms with Gasteiger partial charge in [-0.05, 0) is 42.0 Å². The average Bonchev–Trinajstić information content (AvgIpc) is 3.03. The summed E-state index contributed by atoms with van der Waals surface area (Å²) in [4.78, 5) is 2.04. The lowest BCUT2D eigenvalue weighted by Crippen LogP contribution is -2.44. The van der Waals surface area contributed by atoms with Gasteiger partial charge in [0.15, 0.2) is 5.11 Å². The van der Waals surface area contributed by atoms with Crippen LogP contribution in [-0.2, 0) is 12.8 Å².